The zero-order valence-electron chi connectivity index (χ0n) is 10.2. The summed E-state index contributed by atoms with van der Waals surface area (Å²) in [7, 11) is 0. The molecule has 0 spiro atoms. The van der Waals surface area contributed by atoms with E-state index >= 15 is 0 Å². The molecule has 0 aromatic heterocycles. The van der Waals surface area contributed by atoms with Crippen LogP contribution < -0.4 is 15.8 Å². The lowest BCUT2D eigenvalue weighted by molar-refractivity contribution is 0.162. The van der Waals surface area contributed by atoms with Gasteiger partial charge in [-0.05, 0) is 26.0 Å². The SMILES string of the molecule is CC(C)(COc1cccc(N)c1C#N)NC(=O)O. The second kappa shape index (κ2) is 5.27. The van der Waals surface area contributed by atoms with E-state index < -0.39 is 11.6 Å². The number of benzene rings is 1. The van der Waals surface area contributed by atoms with Gasteiger partial charge in [-0.3, -0.25) is 0 Å². The van der Waals surface area contributed by atoms with E-state index in [1.807, 2.05) is 6.07 Å². The molecule has 0 saturated heterocycles. The quantitative estimate of drug-likeness (QED) is 0.702. The van der Waals surface area contributed by atoms with Crippen LogP contribution in [-0.2, 0) is 0 Å². The Labute approximate surface area is 105 Å². The number of anilines is 1. The van der Waals surface area contributed by atoms with Gasteiger partial charge >= 0.3 is 6.09 Å². The van der Waals surface area contributed by atoms with Gasteiger partial charge in [-0.1, -0.05) is 6.07 Å². The molecule has 0 heterocycles. The molecule has 0 radical (unpaired) electrons. The van der Waals surface area contributed by atoms with Crippen LogP contribution in [0.5, 0.6) is 5.75 Å². The van der Waals surface area contributed by atoms with Crippen LogP contribution in [0.25, 0.3) is 0 Å². The summed E-state index contributed by atoms with van der Waals surface area (Å²) in [5.41, 5.74) is 5.46. The highest BCUT2D eigenvalue weighted by molar-refractivity contribution is 5.65. The lowest BCUT2D eigenvalue weighted by Gasteiger charge is -2.24. The van der Waals surface area contributed by atoms with Crippen molar-refractivity contribution < 1.29 is 14.6 Å². The van der Waals surface area contributed by atoms with Gasteiger partial charge in [0.2, 0.25) is 0 Å². The Morgan fingerprint density at radius 2 is 2.28 bits per heavy atom. The average Bonchev–Trinajstić information content (AvgIpc) is 2.24. The number of nitrogens with two attached hydrogens (primary N) is 1. The topological polar surface area (TPSA) is 108 Å². The van der Waals surface area contributed by atoms with Crippen LogP contribution >= 0.6 is 0 Å². The minimum absolute atomic E-state index is 0.0947. The van der Waals surface area contributed by atoms with Crippen molar-refractivity contribution in [2.75, 3.05) is 12.3 Å². The highest BCUT2D eigenvalue weighted by Gasteiger charge is 2.21. The molecule has 0 aliphatic carbocycles. The predicted molar refractivity (Wildman–Crippen MR) is 66.3 cm³/mol. The number of rotatable bonds is 4. The summed E-state index contributed by atoms with van der Waals surface area (Å²) in [6.07, 6.45) is -1.13. The first kappa shape index (κ1) is 13.6. The molecular weight excluding hydrogens is 234 g/mol. The third-order valence-corrected chi connectivity index (χ3v) is 2.20. The number of carboxylic acid groups (broad SMARTS) is 1. The molecule has 0 unspecified atom stereocenters. The number of amides is 1. The molecule has 1 aromatic carbocycles. The van der Waals surface area contributed by atoms with Gasteiger partial charge in [-0.2, -0.15) is 5.26 Å². The highest BCUT2D eigenvalue weighted by Crippen LogP contribution is 2.24. The van der Waals surface area contributed by atoms with Crippen LogP contribution in [0.15, 0.2) is 18.2 Å². The van der Waals surface area contributed by atoms with E-state index in [9.17, 15) is 4.79 Å². The second-order valence-electron chi connectivity index (χ2n) is 4.43. The maximum absolute atomic E-state index is 10.6. The zero-order valence-corrected chi connectivity index (χ0v) is 10.2. The molecular formula is C12H15N3O3. The van der Waals surface area contributed by atoms with Gasteiger partial charge < -0.3 is 20.9 Å². The Morgan fingerprint density at radius 3 is 2.83 bits per heavy atom. The first-order valence-electron chi connectivity index (χ1n) is 5.28. The Bertz CT molecular complexity index is 492. The van der Waals surface area contributed by atoms with E-state index in [0.29, 0.717) is 11.4 Å². The van der Waals surface area contributed by atoms with Gasteiger partial charge in [0, 0.05) is 0 Å². The smallest absolute Gasteiger partial charge is 0.405 e. The van der Waals surface area contributed by atoms with Crippen LogP contribution in [0.3, 0.4) is 0 Å². The minimum atomic E-state index is -1.13. The maximum atomic E-state index is 10.6. The number of hydrogen-bond donors (Lipinski definition) is 3. The molecule has 0 fully saturated rings. The minimum Gasteiger partial charge on any atom is -0.490 e. The first-order chi connectivity index (χ1) is 8.35. The molecule has 6 nitrogen and oxygen atoms in total. The van der Waals surface area contributed by atoms with E-state index in [2.05, 4.69) is 5.32 Å². The molecule has 6 heteroatoms. The summed E-state index contributed by atoms with van der Waals surface area (Å²) in [6, 6.07) is 6.84. The van der Waals surface area contributed by atoms with Gasteiger partial charge in [0.05, 0.1) is 11.2 Å². The molecule has 0 aliphatic heterocycles. The van der Waals surface area contributed by atoms with E-state index in [0.717, 1.165) is 0 Å². The van der Waals surface area contributed by atoms with Gasteiger partial charge in [0.15, 0.2) is 0 Å². The van der Waals surface area contributed by atoms with E-state index in [1.165, 1.54) is 0 Å². The highest BCUT2D eigenvalue weighted by atomic mass is 16.5. The number of nitriles is 1. The van der Waals surface area contributed by atoms with Gasteiger partial charge in [0.1, 0.15) is 24.0 Å². The molecule has 1 aromatic rings. The molecule has 96 valence electrons. The summed E-state index contributed by atoms with van der Waals surface area (Å²) in [6.45, 7) is 3.45. The lowest BCUT2D eigenvalue weighted by Crippen LogP contribution is -2.47. The van der Waals surface area contributed by atoms with Crippen molar-refractivity contribution in [1.29, 1.82) is 5.26 Å². The predicted octanol–water partition coefficient (Wildman–Crippen LogP) is 1.57. The van der Waals surface area contributed by atoms with E-state index in [1.54, 1.807) is 32.0 Å². The fourth-order valence-electron chi connectivity index (χ4n) is 1.37. The summed E-state index contributed by atoms with van der Waals surface area (Å²) < 4.78 is 5.45. The number of nitrogen functional groups attached to an aromatic ring is 1. The van der Waals surface area contributed by atoms with Gasteiger partial charge in [-0.25, -0.2) is 4.79 Å². The summed E-state index contributed by atoms with van der Waals surface area (Å²) >= 11 is 0. The fraction of sp³-hybridized carbons (Fsp3) is 0.333. The number of hydrogen-bond acceptors (Lipinski definition) is 4. The van der Waals surface area contributed by atoms with Crippen molar-refractivity contribution in [3.8, 4) is 11.8 Å². The van der Waals surface area contributed by atoms with Crippen LogP contribution in [0.4, 0.5) is 10.5 Å². The molecule has 0 saturated carbocycles. The average molecular weight is 249 g/mol. The third kappa shape index (κ3) is 3.56. The molecule has 0 atom stereocenters. The van der Waals surface area contributed by atoms with Crippen LogP contribution in [0, 0.1) is 11.3 Å². The Kier molecular flexibility index (Phi) is 4.00. The number of ether oxygens (including phenoxy) is 1. The van der Waals surface area contributed by atoms with Crippen LogP contribution in [0.1, 0.15) is 19.4 Å². The monoisotopic (exact) mass is 249 g/mol. The van der Waals surface area contributed by atoms with Crippen LogP contribution in [0.2, 0.25) is 0 Å². The second-order valence-corrected chi connectivity index (χ2v) is 4.43. The van der Waals surface area contributed by atoms with Crippen molar-refractivity contribution in [1.82, 2.24) is 5.32 Å². The molecule has 1 amide bonds. The fourth-order valence-corrected chi connectivity index (χ4v) is 1.37. The van der Waals surface area contributed by atoms with Gasteiger partial charge in [0.25, 0.3) is 0 Å². The summed E-state index contributed by atoms with van der Waals surface area (Å²) in [5, 5.41) is 19.9. The Balaban J connectivity index is 2.78. The summed E-state index contributed by atoms with van der Waals surface area (Å²) in [4.78, 5) is 10.6. The van der Waals surface area contributed by atoms with Crippen molar-refractivity contribution >= 4 is 11.8 Å². The normalized spacial score (nSPS) is 10.5. The zero-order chi connectivity index (χ0) is 13.8. The number of nitrogens with zero attached hydrogens (tertiary/aromatic N) is 1. The number of carbonyl (C=O) groups is 1. The molecule has 1 rings (SSSR count). The maximum Gasteiger partial charge on any atom is 0.405 e. The molecule has 4 N–H and O–H groups in total. The molecule has 0 bridgehead atoms. The molecule has 18 heavy (non-hydrogen) atoms. The lowest BCUT2D eigenvalue weighted by atomic mass is 10.1. The van der Waals surface area contributed by atoms with Crippen molar-refractivity contribution in [2.45, 2.75) is 19.4 Å². The Hall–Kier alpha value is -2.42. The van der Waals surface area contributed by atoms with E-state index in [4.69, 9.17) is 20.8 Å². The number of nitrogens with one attached hydrogen (secondary N) is 1. The largest absolute Gasteiger partial charge is 0.490 e. The molecule has 0 aliphatic rings. The summed E-state index contributed by atoms with van der Waals surface area (Å²) in [5.74, 6) is 0.345. The van der Waals surface area contributed by atoms with Crippen molar-refractivity contribution in [3.63, 3.8) is 0 Å². The standard InChI is InChI=1S/C12H15N3O3/c1-12(2,15-11(16)17)7-18-10-5-3-4-9(14)8(10)6-13/h3-5,15H,7,14H2,1-2H3,(H,16,17). The third-order valence-electron chi connectivity index (χ3n) is 2.20. The van der Waals surface area contributed by atoms with Crippen molar-refractivity contribution in [2.24, 2.45) is 0 Å². The first-order valence-corrected chi connectivity index (χ1v) is 5.28. The Morgan fingerprint density at radius 1 is 1.61 bits per heavy atom. The van der Waals surface area contributed by atoms with Crippen LogP contribution in [-0.4, -0.2) is 23.3 Å². The van der Waals surface area contributed by atoms with Gasteiger partial charge in [-0.15, -0.1) is 0 Å². The van der Waals surface area contributed by atoms with E-state index in [-0.39, 0.29) is 12.2 Å². The van der Waals surface area contributed by atoms with Crippen molar-refractivity contribution in [3.05, 3.63) is 23.8 Å².